The molecule has 29 heavy (non-hydrogen) atoms. The predicted molar refractivity (Wildman–Crippen MR) is 114 cm³/mol. The molecule has 1 aromatic heterocycles. The normalized spacial score (nSPS) is 17.4. The van der Waals surface area contributed by atoms with Crippen molar-refractivity contribution in [2.24, 2.45) is 0 Å². The molecule has 1 heterocycles. The van der Waals surface area contributed by atoms with Crippen molar-refractivity contribution in [2.45, 2.75) is 38.2 Å². The van der Waals surface area contributed by atoms with Gasteiger partial charge in [-0.1, -0.05) is 54.6 Å². The largest absolute Gasteiger partial charge is 0.487 e. The number of hydrogen-bond donors (Lipinski definition) is 1. The smallest absolute Gasteiger partial charge is 0.143 e. The highest BCUT2D eigenvalue weighted by Gasteiger charge is 2.24. The van der Waals surface area contributed by atoms with Gasteiger partial charge >= 0.3 is 0 Å². The standard InChI is InChI=1S/C26H24FNO/c27-21-13-10-18(11-14-21)16-20-12-15-24(29-17-19-6-2-1-3-7-19)26-25(20)22-8-4-5-9-23(22)28-26/h1-3,6-7,9-15,20,28H,4-5,8,16-17H2. The van der Waals surface area contributed by atoms with E-state index in [2.05, 4.69) is 35.3 Å². The van der Waals surface area contributed by atoms with Gasteiger partial charge in [0.25, 0.3) is 0 Å². The number of halogens is 1. The van der Waals surface area contributed by atoms with Gasteiger partial charge in [-0.2, -0.15) is 0 Å². The Hall–Kier alpha value is -3.07. The van der Waals surface area contributed by atoms with Crippen molar-refractivity contribution in [3.05, 3.63) is 106 Å². The number of benzene rings is 2. The van der Waals surface area contributed by atoms with Gasteiger partial charge in [0.1, 0.15) is 18.2 Å². The van der Waals surface area contributed by atoms with Crippen LogP contribution in [-0.4, -0.2) is 4.98 Å². The van der Waals surface area contributed by atoms with E-state index >= 15 is 0 Å². The van der Waals surface area contributed by atoms with Crippen molar-refractivity contribution in [1.82, 2.24) is 4.98 Å². The summed E-state index contributed by atoms with van der Waals surface area (Å²) in [6.45, 7) is 0.552. The Morgan fingerprint density at radius 2 is 1.83 bits per heavy atom. The molecular formula is C26H24FNO. The monoisotopic (exact) mass is 385 g/mol. The van der Waals surface area contributed by atoms with Gasteiger partial charge in [-0.3, -0.25) is 0 Å². The molecule has 1 unspecified atom stereocenters. The zero-order valence-electron chi connectivity index (χ0n) is 16.3. The molecule has 0 spiro atoms. The highest BCUT2D eigenvalue weighted by atomic mass is 19.1. The van der Waals surface area contributed by atoms with Crippen LogP contribution < -0.4 is 10.7 Å². The molecule has 0 bridgehead atoms. The highest BCUT2D eigenvalue weighted by molar-refractivity contribution is 5.58. The number of allylic oxidation sites excluding steroid dienone is 1. The van der Waals surface area contributed by atoms with Gasteiger partial charge in [0.15, 0.2) is 0 Å². The zero-order chi connectivity index (χ0) is 19.6. The second-order valence-corrected chi connectivity index (χ2v) is 7.84. The summed E-state index contributed by atoms with van der Waals surface area (Å²) >= 11 is 0. The number of ether oxygens (including phenoxy) is 1. The lowest BCUT2D eigenvalue weighted by Gasteiger charge is -2.20. The molecule has 0 radical (unpaired) electrons. The van der Waals surface area contributed by atoms with Crippen LogP contribution in [0.2, 0.25) is 0 Å². The van der Waals surface area contributed by atoms with Crippen LogP contribution in [-0.2, 0) is 24.2 Å². The van der Waals surface area contributed by atoms with Crippen molar-refractivity contribution >= 4 is 11.8 Å². The zero-order valence-corrected chi connectivity index (χ0v) is 16.3. The maximum absolute atomic E-state index is 13.3. The fourth-order valence-electron chi connectivity index (χ4n) is 4.43. The fourth-order valence-corrected chi connectivity index (χ4v) is 4.43. The van der Waals surface area contributed by atoms with Crippen LogP contribution >= 0.6 is 0 Å². The van der Waals surface area contributed by atoms with Gasteiger partial charge in [-0.05, 0) is 66.1 Å². The lowest BCUT2D eigenvalue weighted by Crippen LogP contribution is -2.22. The minimum atomic E-state index is -0.188. The molecule has 2 aliphatic carbocycles. The summed E-state index contributed by atoms with van der Waals surface area (Å²) in [4.78, 5) is 3.64. The minimum absolute atomic E-state index is 0.188. The second-order valence-electron chi connectivity index (χ2n) is 7.84. The summed E-state index contributed by atoms with van der Waals surface area (Å²) in [6.07, 6.45) is 10.9. The third-order valence-corrected chi connectivity index (χ3v) is 5.86. The summed E-state index contributed by atoms with van der Waals surface area (Å²) in [5.41, 5.74) is 5.08. The van der Waals surface area contributed by atoms with Gasteiger partial charge in [-0.15, -0.1) is 0 Å². The molecule has 1 atom stereocenters. The van der Waals surface area contributed by atoms with Crippen LogP contribution in [0.1, 0.15) is 41.0 Å². The maximum Gasteiger partial charge on any atom is 0.143 e. The Morgan fingerprint density at radius 3 is 2.66 bits per heavy atom. The van der Waals surface area contributed by atoms with Crippen LogP contribution in [0.4, 0.5) is 4.39 Å². The minimum Gasteiger partial charge on any atom is -0.487 e. The first-order valence-electron chi connectivity index (χ1n) is 10.3. The molecule has 0 saturated carbocycles. The Labute approximate surface area is 170 Å². The van der Waals surface area contributed by atoms with E-state index in [-0.39, 0.29) is 11.7 Å². The Kier molecular flexibility index (Phi) is 4.81. The molecule has 1 N–H and O–H groups in total. The molecule has 3 heteroatoms. The van der Waals surface area contributed by atoms with Crippen molar-refractivity contribution in [2.75, 3.05) is 0 Å². The lowest BCUT2D eigenvalue weighted by atomic mass is 9.85. The number of hydrogen-bond acceptors (Lipinski definition) is 1. The van der Waals surface area contributed by atoms with Crippen LogP contribution in [0.15, 0.2) is 66.7 Å². The molecular weight excluding hydrogens is 361 g/mol. The second kappa shape index (κ2) is 7.75. The molecule has 0 amide bonds. The average molecular weight is 385 g/mol. The van der Waals surface area contributed by atoms with Crippen LogP contribution in [0, 0.1) is 5.82 Å². The molecule has 2 nitrogen and oxygen atoms in total. The van der Waals surface area contributed by atoms with E-state index in [1.165, 1.54) is 22.9 Å². The number of nitrogens with one attached hydrogen (secondary N) is 1. The topological polar surface area (TPSA) is 25.0 Å². The molecule has 2 aromatic carbocycles. The van der Waals surface area contributed by atoms with Gasteiger partial charge < -0.3 is 9.72 Å². The predicted octanol–water partition coefficient (Wildman–Crippen LogP) is 4.49. The average Bonchev–Trinajstić information content (AvgIpc) is 3.16. The summed E-state index contributed by atoms with van der Waals surface area (Å²) in [6, 6.07) is 17.1. The van der Waals surface area contributed by atoms with Gasteiger partial charge in [0.2, 0.25) is 0 Å². The Morgan fingerprint density at radius 1 is 1.00 bits per heavy atom. The molecule has 0 saturated heterocycles. The van der Waals surface area contributed by atoms with Crippen LogP contribution in [0.5, 0.6) is 0 Å². The van der Waals surface area contributed by atoms with E-state index in [4.69, 9.17) is 4.74 Å². The summed E-state index contributed by atoms with van der Waals surface area (Å²) < 4.78 is 19.5. The van der Waals surface area contributed by atoms with E-state index in [9.17, 15) is 4.39 Å². The molecule has 5 rings (SSSR count). The Balaban J connectivity index is 1.52. The van der Waals surface area contributed by atoms with Gasteiger partial charge in [0, 0.05) is 11.3 Å². The fraction of sp³-hybridized carbons (Fsp3) is 0.231. The van der Waals surface area contributed by atoms with Crippen molar-refractivity contribution in [3.8, 4) is 0 Å². The van der Waals surface area contributed by atoms with E-state index in [0.717, 1.165) is 41.5 Å². The number of H-pyrrole nitrogens is 1. The summed E-state index contributed by atoms with van der Waals surface area (Å²) in [5, 5.41) is 2.36. The first kappa shape index (κ1) is 18.0. The summed E-state index contributed by atoms with van der Waals surface area (Å²) in [5.74, 6) is 0.986. The lowest BCUT2D eigenvalue weighted by molar-refractivity contribution is 0.262. The molecule has 146 valence electrons. The molecule has 0 aliphatic heterocycles. The van der Waals surface area contributed by atoms with E-state index in [1.54, 1.807) is 12.1 Å². The van der Waals surface area contributed by atoms with E-state index < -0.39 is 0 Å². The first-order chi connectivity index (χ1) is 14.3. The number of aromatic nitrogens is 1. The maximum atomic E-state index is 13.3. The van der Waals surface area contributed by atoms with Crippen LogP contribution in [0.3, 0.4) is 0 Å². The third-order valence-electron chi connectivity index (χ3n) is 5.86. The van der Waals surface area contributed by atoms with Gasteiger partial charge in [-0.25, -0.2) is 4.39 Å². The van der Waals surface area contributed by atoms with Gasteiger partial charge in [0.05, 0.1) is 5.35 Å². The van der Waals surface area contributed by atoms with Crippen molar-refractivity contribution in [1.29, 1.82) is 0 Å². The summed E-state index contributed by atoms with van der Waals surface area (Å²) in [7, 11) is 0. The Bertz CT molecular complexity index is 1160. The molecule has 3 aromatic rings. The molecule has 0 fully saturated rings. The van der Waals surface area contributed by atoms with E-state index in [1.807, 2.05) is 30.3 Å². The number of aromatic amines is 1. The number of fused-ring (bicyclic) bond motifs is 3. The third kappa shape index (κ3) is 3.65. The quantitative estimate of drug-likeness (QED) is 0.688. The van der Waals surface area contributed by atoms with Crippen molar-refractivity contribution in [3.63, 3.8) is 0 Å². The highest BCUT2D eigenvalue weighted by Crippen LogP contribution is 2.28. The number of rotatable bonds is 5. The first-order valence-corrected chi connectivity index (χ1v) is 10.3. The SMILES string of the molecule is Fc1ccc(CC2C=CC(OCc3ccccc3)=c3[nH]c4c(c32)CCCC=4)cc1. The molecule has 2 aliphatic rings. The van der Waals surface area contributed by atoms with Crippen LogP contribution in [0.25, 0.3) is 11.8 Å². The van der Waals surface area contributed by atoms with Crippen molar-refractivity contribution < 1.29 is 9.13 Å². The van der Waals surface area contributed by atoms with E-state index in [0.29, 0.717) is 6.61 Å².